The molecule has 1 aliphatic rings. The molecule has 0 saturated heterocycles. The Morgan fingerprint density at radius 1 is 1.08 bits per heavy atom. The molecule has 1 unspecified atom stereocenters. The molecule has 0 amide bonds. The van der Waals surface area contributed by atoms with Crippen molar-refractivity contribution in [3.63, 3.8) is 0 Å². The van der Waals surface area contributed by atoms with E-state index in [2.05, 4.69) is 6.92 Å². The topological polar surface area (TPSA) is 44.8 Å². The molecule has 0 spiro atoms. The van der Waals surface area contributed by atoms with Crippen molar-refractivity contribution >= 4 is 17.3 Å². The summed E-state index contributed by atoms with van der Waals surface area (Å²) < 4.78 is 16.6. The zero-order chi connectivity index (χ0) is 17.0. The number of fused-ring (bicyclic) bond motifs is 1. The Morgan fingerprint density at radius 2 is 1.75 bits per heavy atom. The summed E-state index contributed by atoms with van der Waals surface area (Å²) in [5, 5.41) is 3.83. The van der Waals surface area contributed by atoms with E-state index in [1.807, 2.05) is 10.8 Å². The predicted octanol–water partition coefficient (Wildman–Crippen LogP) is 5.35. The van der Waals surface area contributed by atoms with Crippen molar-refractivity contribution in [2.75, 3.05) is 13.2 Å². The average molecular weight is 355 g/mol. The third-order valence-electron chi connectivity index (χ3n) is 4.23. The molecule has 0 saturated carbocycles. The van der Waals surface area contributed by atoms with Crippen LogP contribution in [0.25, 0.3) is 0 Å². The lowest BCUT2D eigenvalue weighted by molar-refractivity contribution is -0.147. The van der Waals surface area contributed by atoms with Crippen LogP contribution in [0.1, 0.15) is 71.1 Å². The van der Waals surface area contributed by atoms with E-state index in [0.29, 0.717) is 13.0 Å². The van der Waals surface area contributed by atoms with E-state index in [1.54, 1.807) is 11.3 Å². The molecule has 0 N–H and O–H groups in total. The van der Waals surface area contributed by atoms with Gasteiger partial charge in [0.05, 0.1) is 0 Å². The molecule has 4 nitrogen and oxygen atoms in total. The molecule has 136 valence electrons. The summed E-state index contributed by atoms with van der Waals surface area (Å²) in [5.74, 6) is 1.42. The Labute approximate surface area is 149 Å². The Hall–Kier alpha value is -1.23. The highest BCUT2D eigenvalue weighted by Gasteiger charge is 2.22. The van der Waals surface area contributed by atoms with Crippen LogP contribution in [0.15, 0.2) is 10.8 Å². The number of ether oxygens (including phenoxy) is 3. The highest BCUT2D eigenvalue weighted by atomic mass is 32.1. The lowest BCUT2D eigenvalue weighted by atomic mass is 10.1. The van der Waals surface area contributed by atoms with Crippen LogP contribution in [0.3, 0.4) is 0 Å². The van der Waals surface area contributed by atoms with Gasteiger partial charge in [-0.25, -0.2) is 0 Å². The molecule has 0 aliphatic carbocycles. The van der Waals surface area contributed by atoms with Gasteiger partial charge >= 0.3 is 5.97 Å². The summed E-state index contributed by atoms with van der Waals surface area (Å²) in [5.41, 5.74) is 0. The number of carbonyl (C=O) groups is 1. The van der Waals surface area contributed by atoms with E-state index < -0.39 is 0 Å². The van der Waals surface area contributed by atoms with Crippen LogP contribution in [0.4, 0.5) is 0 Å². The molecule has 1 aromatic heterocycles. The third kappa shape index (κ3) is 7.12. The minimum Gasteiger partial charge on any atom is -0.485 e. The number of unbranched alkanes of at least 4 members (excludes halogenated alkanes) is 8. The first-order valence-corrected chi connectivity index (χ1v) is 10.2. The standard InChI is InChI=1S/C19H30O4S/c1-2-3-4-5-6-7-8-9-10-11-19(20)22-13-16-12-21-17-14-24-15-18(17)23-16/h14-16H,2-13H2,1H3. The Bertz CT molecular complexity index is 472. The molecule has 0 aromatic carbocycles. The number of carbonyl (C=O) groups excluding carboxylic acids is 1. The summed E-state index contributed by atoms with van der Waals surface area (Å²) in [4.78, 5) is 11.8. The van der Waals surface area contributed by atoms with Gasteiger partial charge in [0.1, 0.15) is 13.2 Å². The molecular weight excluding hydrogens is 324 g/mol. The van der Waals surface area contributed by atoms with Crippen molar-refractivity contribution in [3.05, 3.63) is 10.8 Å². The largest absolute Gasteiger partial charge is 0.485 e. The van der Waals surface area contributed by atoms with Gasteiger partial charge in [-0.1, -0.05) is 58.3 Å². The van der Waals surface area contributed by atoms with Gasteiger partial charge in [0.2, 0.25) is 0 Å². The summed E-state index contributed by atoms with van der Waals surface area (Å²) in [7, 11) is 0. The highest BCUT2D eigenvalue weighted by molar-refractivity contribution is 7.08. The van der Waals surface area contributed by atoms with E-state index in [4.69, 9.17) is 14.2 Å². The minimum absolute atomic E-state index is 0.127. The van der Waals surface area contributed by atoms with Crippen molar-refractivity contribution in [3.8, 4) is 11.5 Å². The minimum atomic E-state index is -0.195. The fraction of sp³-hybridized carbons (Fsp3) is 0.737. The van der Waals surface area contributed by atoms with E-state index in [1.165, 1.54) is 44.9 Å². The first-order valence-electron chi connectivity index (χ1n) is 9.31. The van der Waals surface area contributed by atoms with Crippen molar-refractivity contribution in [1.29, 1.82) is 0 Å². The van der Waals surface area contributed by atoms with Crippen molar-refractivity contribution in [2.45, 2.75) is 77.2 Å². The maximum atomic E-state index is 11.8. The third-order valence-corrected chi connectivity index (χ3v) is 4.93. The number of hydrogen-bond acceptors (Lipinski definition) is 5. The molecule has 2 heterocycles. The molecule has 1 atom stereocenters. The maximum Gasteiger partial charge on any atom is 0.305 e. The molecule has 1 aliphatic heterocycles. The van der Waals surface area contributed by atoms with Crippen LogP contribution < -0.4 is 9.47 Å². The Morgan fingerprint density at radius 3 is 2.50 bits per heavy atom. The Kier molecular flexibility index (Phi) is 9.03. The van der Waals surface area contributed by atoms with Gasteiger partial charge in [0.15, 0.2) is 17.6 Å². The van der Waals surface area contributed by atoms with Crippen LogP contribution >= 0.6 is 11.3 Å². The van der Waals surface area contributed by atoms with Gasteiger partial charge in [-0.05, 0) is 6.42 Å². The van der Waals surface area contributed by atoms with Crippen LogP contribution in [-0.2, 0) is 9.53 Å². The van der Waals surface area contributed by atoms with Crippen LogP contribution in [-0.4, -0.2) is 25.3 Å². The molecule has 24 heavy (non-hydrogen) atoms. The second-order valence-corrected chi connectivity index (χ2v) is 7.16. The SMILES string of the molecule is CCCCCCCCCCCC(=O)OCC1COc2cscc2O1. The number of esters is 1. The molecular formula is C19H30O4S. The second kappa shape index (κ2) is 11.3. The zero-order valence-corrected chi connectivity index (χ0v) is 15.6. The van der Waals surface area contributed by atoms with E-state index >= 15 is 0 Å². The van der Waals surface area contributed by atoms with Gasteiger partial charge in [0, 0.05) is 17.2 Å². The maximum absolute atomic E-state index is 11.8. The highest BCUT2D eigenvalue weighted by Crippen LogP contribution is 2.35. The summed E-state index contributed by atoms with van der Waals surface area (Å²) in [6.45, 7) is 2.95. The normalized spacial score (nSPS) is 16.1. The smallest absolute Gasteiger partial charge is 0.305 e. The summed E-state index contributed by atoms with van der Waals surface area (Å²) >= 11 is 1.55. The zero-order valence-electron chi connectivity index (χ0n) is 14.8. The van der Waals surface area contributed by atoms with Crippen LogP contribution in [0.5, 0.6) is 11.5 Å². The van der Waals surface area contributed by atoms with Gasteiger partial charge in [0.25, 0.3) is 0 Å². The van der Waals surface area contributed by atoms with E-state index in [9.17, 15) is 4.79 Å². The fourth-order valence-electron chi connectivity index (χ4n) is 2.78. The van der Waals surface area contributed by atoms with Crippen LogP contribution in [0.2, 0.25) is 0 Å². The van der Waals surface area contributed by atoms with Gasteiger partial charge in [-0.2, -0.15) is 0 Å². The van der Waals surface area contributed by atoms with E-state index in [-0.39, 0.29) is 18.7 Å². The average Bonchev–Trinajstić information content (AvgIpc) is 3.06. The molecule has 2 rings (SSSR count). The first-order chi connectivity index (χ1) is 11.8. The monoisotopic (exact) mass is 354 g/mol. The van der Waals surface area contributed by atoms with Crippen molar-refractivity contribution in [1.82, 2.24) is 0 Å². The molecule has 0 fully saturated rings. The molecule has 1 aromatic rings. The van der Waals surface area contributed by atoms with Gasteiger partial charge in [-0.15, -0.1) is 11.3 Å². The summed E-state index contributed by atoms with van der Waals surface area (Å²) in [6, 6.07) is 0. The number of hydrogen-bond donors (Lipinski definition) is 0. The second-order valence-electron chi connectivity index (χ2n) is 6.41. The summed E-state index contributed by atoms with van der Waals surface area (Å²) in [6.07, 6.45) is 11.6. The van der Waals surface area contributed by atoms with E-state index in [0.717, 1.165) is 24.3 Å². The lowest BCUT2D eigenvalue weighted by Crippen LogP contribution is -2.33. The van der Waals surface area contributed by atoms with Gasteiger partial charge in [-0.3, -0.25) is 4.79 Å². The molecule has 5 heteroatoms. The Balaban J connectivity index is 1.43. The quantitative estimate of drug-likeness (QED) is 0.375. The molecule has 0 radical (unpaired) electrons. The van der Waals surface area contributed by atoms with Gasteiger partial charge < -0.3 is 14.2 Å². The van der Waals surface area contributed by atoms with Crippen molar-refractivity contribution < 1.29 is 19.0 Å². The fourth-order valence-corrected chi connectivity index (χ4v) is 3.45. The number of thiophene rings is 1. The first kappa shape index (κ1) is 19.1. The lowest BCUT2D eigenvalue weighted by Gasteiger charge is -2.24. The van der Waals surface area contributed by atoms with Crippen molar-refractivity contribution in [2.24, 2.45) is 0 Å². The van der Waals surface area contributed by atoms with Crippen LogP contribution in [0, 0.1) is 0 Å². The molecule has 0 bridgehead atoms. The number of rotatable bonds is 12. The predicted molar refractivity (Wildman–Crippen MR) is 97.0 cm³/mol.